The van der Waals surface area contributed by atoms with Crippen LogP contribution in [0.4, 0.5) is 0 Å². The number of sulfonamides is 1. The second-order valence-corrected chi connectivity index (χ2v) is 8.30. The number of hydrogen-bond acceptors (Lipinski definition) is 3. The van der Waals surface area contributed by atoms with Crippen LogP contribution >= 0.6 is 0 Å². The van der Waals surface area contributed by atoms with Crippen LogP contribution in [0.5, 0.6) is 0 Å². The molecule has 1 aromatic carbocycles. The summed E-state index contributed by atoms with van der Waals surface area (Å²) in [7, 11) is -3.48. The van der Waals surface area contributed by atoms with Crippen molar-refractivity contribution >= 4 is 16.0 Å². The van der Waals surface area contributed by atoms with Crippen molar-refractivity contribution in [1.29, 1.82) is 0 Å². The third kappa shape index (κ3) is 3.03. The van der Waals surface area contributed by atoms with Crippen molar-refractivity contribution in [3.8, 4) is 0 Å². The Morgan fingerprint density at radius 1 is 1.23 bits per heavy atom. The van der Waals surface area contributed by atoms with Gasteiger partial charge in [-0.2, -0.15) is 4.31 Å². The van der Waals surface area contributed by atoms with Crippen molar-refractivity contribution < 1.29 is 18.3 Å². The molecule has 5 nitrogen and oxygen atoms in total. The molecule has 1 heterocycles. The highest BCUT2D eigenvalue weighted by atomic mass is 32.2. The average molecular weight is 323 g/mol. The molecule has 0 unspecified atom stereocenters. The van der Waals surface area contributed by atoms with Gasteiger partial charge in [-0.3, -0.25) is 4.79 Å². The average Bonchev–Trinajstić information content (AvgIpc) is 3.11. The minimum atomic E-state index is -3.48. The van der Waals surface area contributed by atoms with Crippen molar-refractivity contribution in [1.82, 2.24) is 4.31 Å². The fraction of sp³-hybridized carbons (Fsp3) is 0.562. The number of nitrogens with zero attached hydrogens (tertiary/aromatic N) is 1. The summed E-state index contributed by atoms with van der Waals surface area (Å²) in [5.41, 5.74) is 2.63. The topological polar surface area (TPSA) is 74.7 Å². The SMILES string of the molecule is O=C(O)[C@H]1CCCN1S(=O)(=O)CCC1Cc2ccccc2C1. The first kappa shape index (κ1) is 15.5. The lowest BCUT2D eigenvalue weighted by atomic mass is 10.0. The predicted molar refractivity (Wildman–Crippen MR) is 83.1 cm³/mol. The number of aliphatic carboxylic acids is 1. The van der Waals surface area contributed by atoms with E-state index >= 15 is 0 Å². The van der Waals surface area contributed by atoms with Crippen LogP contribution in [0.3, 0.4) is 0 Å². The quantitative estimate of drug-likeness (QED) is 0.894. The van der Waals surface area contributed by atoms with Crippen molar-refractivity contribution in [3.05, 3.63) is 35.4 Å². The molecule has 0 bridgehead atoms. The molecule has 0 aromatic heterocycles. The highest BCUT2D eigenvalue weighted by Crippen LogP contribution is 2.30. The fourth-order valence-electron chi connectivity index (χ4n) is 3.61. The van der Waals surface area contributed by atoms with Crippen molar-refractivity contribution in [2.75, 3.05) is 12.3 Å². The number of benzene rings is 1. The summed E-state index contributed by atoms with van der Waals surface area (Å²) in [6, 6.07) is 7.36. The van der Waals surface area contributed by atoms with Gasteiger partial charge in [0.2, 0.25) is 10.0 Å². The van der Waals surface area contributed by atoms with Crippen LogP contribution in [0, 0.1) is 5.92 Å². The van der Waals surface area contributed by atoms with Crippen LogP contribution < -0.4 is 0 Å². The molecule has 0 radical (unpaired) electrons. The zero-order valence-electron chi connectivity index (χ0n) is 12.4. The summed E-state index contributed by atoms with van der Waals surface area (Å²) in [5.74, 6) is -0.637. The molecule has 3 rings (SSSR count). The van der Waals surface area contributed by atoms with Crippen LogP contribution in [0.15, 0.2) is 24.3 Å². The van der Waals surface area contributed by atoms with E-state index in [9.17, 15) is 13.2 Å². The molecular weight excluding hydrogens is 302 g/mol. The lowest BCUT2D eigenvalue weighted by molar-refractivity contribution is -0.140. The van der Waals surface area contributed by atoms with Gasteiger partial charge in [-0.1, -0.05) is 24.3 Å². The Labute approximate surface area is 131 Å². The van der Waals surface area contributed by atoms with E-state index in [1.54, 1.807) is 0 Å². The molecule has 1 aliphatic carbocycles. The number of carboxylic acid groups (broad SMARTS) is 1. The molecule has 1 saturated heterocycles. The van der Waals surface area contributed by atoms with Gasteiger partial charge in [0.05, 0.1) is 5.75 Å². The van der Waals surface area contributed by atoms with Gasteiger partial charge >= 0.3 is 5.97 Å². The fourth-order valence-corrected chi connectivity index (χ4v) is 5.46. The van der Waals surface area contributed by atoms with E-state index < -0.39 is 22.0 Å². The minimum Gasteiger partial charge on any atom is -0.480 e. The number of fused-ring (bicyclic) bond motifs is 1. The highest BCUT2D eigenvalue weighted by molar-refractivity contribution is 7.89. The Kier molecular flexibility index (Phi) is 4.23. The molecule has 1 fully saturated rings. The number of carbonyl (C=O) groups is 1. The van der Waals surface area contributed by atoms with Gasteiger partial charge in [0.1, 0.15) is 6.04 Å². The predicted octanol–water partition coefficient (Wildman–Crippen LogP) is 1.67. The minimum absolute atomic E-state index is 0.0510. The van der Waals surface area contributed by atoms with Gasteiger partial charge < -0.3 is 5.11 Å². The van der Waals surface area contributed by atoms with Crippen molar-refractivity contribution in [3.63, 3.8) is 0 Å². The van der Waals surface area contributed by atoms with Gasteiger partial charge in [-0.05, 0) is 49.1 Å². The standard InChI is InChI=1S/C16H21NO4S/c18-16(19)15-6-3-8-17(15)22(20,21)9-7-12-10-13-4-1-2-5-14(13)11-12/h1-2,4-5,12,15H,3,6-11H2,(H,18,19)/t15-/m1/s1. The maximum atomic E-state index is 12.4. The van der Waals surface area contributed by atoms with Crippen LogP contribution in [0.2, 0.25) is 0 Å². The Hall–Kier alpha value is -1.40. The van der Waals surface area contributed by atoms with E-state index in [1.165, 1.54) is 15.4 Å². The molecule has 0 amide bonds. The second-order valence-electron chi connectivity index (χ2n) is 6.25. The summed E-state index contributed by atoms with van der Waals surface area (Å²) < 4.78 is 26.1. The van der Waals surface area contributed by atoms with Gasteiger partial charge in [-0.25, -0.2) is 8.42 Å². The molecule has 1 aliphatic heterocycles. The van der Waals surface area contributed by atoms with E-state index in [0.29, 0.717) is 31.7 Å². The number of hydrogen-bond donors (Lipinski definition) is 1. The summed E-state index contributed by atoms with van der Waals surface area (Å²) in [6.45, 7) is 0.337. The molecule has 0 saturated carbocycles. The first-order valence-corrected chi connectivity index (χ1v) is 9.37. The second kappa shape index (κ2) is 6.01. The van der Waals surface area contributed by atoms with Crippen LogP contribution in [0.1, 0.15) is 30.4 Å². The summed E-state index contributed by atoms with van der Waals surface area (Å²) in [6.07, 6.45) is 3.50. The molecule has 2 aliphatic rings. The molecule has 120 valence electrons. The summed E-state index contributed by atoms with van der Waals surface area (Å²) in [4.78, 5) is 11.2. The molecule has 1 aromatic rings. The van der Waals surface area contributed by atoms with Crippen LogP contribution in [0.25, 0.3) is 0 Å². The maximum absolute atomic E-state index is 12.4. The normalized spacial score (nSPS) is 22.8. The molecule has 0 spiro atoms. The van der Waals surface area contributed by atoms with Gasteiger partial charge in [0.25, 0.3) is 0 Å². The Morgan fingerprint density at radius 3 is 2.45 bits per heavy atom. The lowest BCUT2D eigenvalue weighted by Crippen LogP contribution is -2.41. The molecule has 6 heteroatoms. The third-order valence-corrected chi connectivity index (χ3v) is 6.67. The molecule has 1 atom stereocenters. The monoisotopic (exact) mass is 323 g/mol. The van der Waals surface area contributed by atoms with Crippen LogP contribution in [-0.4, -0.2) is 42.1 Å². The molecular formula is C16H21NO4S. The summed E-state index contributed by atoms with van der Waals surface area (Å²) in [5, 5.41) is 9.14. The van der Waals surface area contributed by atoms with Crippen molar-refractivity contribution in [2.24, 2.45) is 5.92 Å². The number of rotatable bonds is 5. The lowest BCUT2D eigenvalue weighted by Gasteiger charge is -2.21. The maximum Gasteiger partial charge on any atom is 0.322 e. The Bertz CT molecular complexity index is 645. The number of carboxylic acids is 1. The highest BCUT2D eigenvalue weighted by Gasteiger charge is 2.38. The smallest absolute Gasteiger partial charge is 0.322 e. The largest absolute Gasteiger partial charge is 0.480 e. The Balaban J connectivity index is 1.61. The first-order valence-electron chi connectivity index (χ1n) is 7.76. The van der Waals surface area contributed by atoms with Crippen molar-refractivity contribution in [2.45, 2.75) is 38.1 Å². The zero-order valence-corrected chi connectivity index (χ0v) is 13.3. The van der Waals surface area contributed by atoms with Gasteiger partial charge in [0, 0.05) is 6.54 Å². The third-order valence-electron chi connectivity index (χ3n) is 4.77. The first-order chi connectivity index (χ1) is 10.5. The van der Waals surface area contributed by atoms with E-state index in [1.807, 2.05) is 12.1 Å². The van der Waals surface area contributed by atoms with Gasteiger partial charge in [-0.15, -0.1) is 0 Å². The summed E-state index contributed by atoms with van der Waals surface area (Å²) >= 11 is 0. The van der Waals surface area contributed by atoms with E-state index in [2.05, 4.69) is 12.1 Å². The van der Waals surface area contributed by atoms with E-state index in [4.69, 9.17) is 5.11 Å². The Morgan fingerprint density at radius 2 is 1.86 bits per heavy atom. The van der Waals surface area contributed by atoms with E-state index in [0.717, 1.165) is 12.8 Å². The van der Waals surface area contributed by atoms with Crippen LogP contribution in [-0.2, 0) is 27.7 Å². The van der Waals surface area contributed by atoms with E-state index in [-0.39, 0.29) is 5.75 Å². The zero-order chi connectivity index (χ0) is 15.7. The molecule has 1 N–H and O–H groups in total. The molecule has 22 heavy (non-hydrogen) atoms. The van der Waals surface area contributed by atoms with Gasteiger partial charge in [0.15, 0.2) is 0 Å².